The lowest BCUT2D eigenvalue weighted by molar-refractivity contribution is -0.115. The number of aromatic amines is 1. The van der Waals surface area contributed by atoms with Crippen LogP contribution in [0.5, 0.6) is 0 Å². The van der Waals surface area contributed by atoms with Gasteiger partial charge in [-0.25, -0.2) is 0 Å². The van der Waals surface area contributed by atoms with Crippen molar-refractivity contribution in [2.45, 2.75) is 32.5 Å². The summed E-state index contributed by atoms with van der Waals surface area (Å²) in [6, 6.07) is 7.90. The van der Waals surface area contributed by atoms with Crippen LogP contribution in [0.3, 0.4) is 0 Å². The second-order valence-corrected chi connectivity index (χ2v) is 7.74. The number of amidine groups is 1. The standard InChI is InChI=1S/C21H22N8O2/c1-11-18(27-19(24-11)20(30)22-8-13-9-23-29(3)10-13)14-4-5-16-15(6-14)7-17(26-16)21-25-12(2)28-31-21/h4-7,9-11,18,26H,8H2,1-3H3,(H,22,30)(H,24,27). The van der Waals surface area contributed by atoms with Gasteiger partial charge in [0, 0.05) is 36.3 Å². The highest BCUT2D eigenvalue weighted by Crippen LogP contribution is 2.30. The molecule has 10 heteroatoms. The summed E-state index contributed by atoms with van der Waals surface area (Å²) in [7, 11) is 1.84. The summed E-state index contributed by atoms with van der Waals surface area (Å²) < 4.78 is 6.95. The second kappa shape index (κ2) is 7.38. The Balaban J connectivity index is 1.34. The fourth-order valence-electron chi connectivity index (χ4n) is 3.76. The fraction of sp³-hybridized carbons (Fsp3) is 0.286. The molecule has 0 fully saturated rings. The summed E-state index contributed by atoms with van der Waals surface area (Å²) in [6.45, 7) is 4.20. The Morgan fingerprint density at radius 2 is 2.19 bits per heavy atom. The molecule has 0 radical (unpaired) electrons. The van der Waals surface area contributed by atoms with Gasteiger partial charge in [0.15, 0.2) is 11.7 Å². The molecule has 158 valence electrons. The Morgan fingerprint density at radius 3 is 2.94 bits per heavy atom. The molecule has 1 aliphatic heterocycles. The van der Waals surface area contributed by atoms with Crippen molar-refractivity contribution in [2.24, 2.45) is 12.0 Å². The van der Waals surface area contributed by atoms with Crippen molar-refractivity contribution in [3.8, 4) is 11.6 Å². The molecule has 0 spiro atoms. The van der Waals surface area contributed by atoms with Crippen molar-refractivity contribution in [1.29, 1.82) is 0 Å². The minimum Gasteiger partial charge on any atom is -0.361 e. The van der Waals surface area contributed by atoms with Gasteiger partial charge in [-0.3, -0.25) is 14.5 Å². The third-order valence-electron chi connectivity index (χ3n) is 5.28. The van der Waals surface area contributed by atoms with E-state index in [9.17, 15) is 4.79 Å². The molecule has 0 aliphatic carbocycles. The zero-order valence-electron chi connectivity index (χ0n) is 17.4. The van der Waals surface area contributed by atoms with Gasteiger partial charge in [-0.2, -0.15) is 10.1 Å². The van der Waals surface area contributed by atoms with Crippen LogP contribution in [0.1, 0.15) is 29.9 Å². The predicted molar refractivity (Wildman–Crippen MR) is 114 cm³/mol. The number of nitrogens with one attached hydrogen (secondary N) is 3. The smallest absolute Gasteiger partial charge is 0.286 e. The average molecular weight is 418 g/mol. The van der Waals surface area contributed by atoms with Crippen molar-refractivity contribution in [3.05, 3.63) is 53.6 Å². The zero-order chi connectivity index (χ0) is 21.5. The number of benzene rings is 1. The molecule has 0 saturated heterocycles. The highest BCUT2D eigenvalue weighted by molar-refractivity contribution is 6.38. The van der Waals surface area contributed by atoms with Crippen LogP contribution in [0.2, 0.25) is 0 Å². The lowest BCUT2D eigenvalue weighted by atomic mass is 10.0. The highest BCUT2D eigenvalue weighted by atomic mass is 16.5. The summed E-state index contributed by atoms with van der Waals surface area (Å²) in [5.41, 5.74) is 3.69. The van der Waals surface area contributed by atoms with Crippen LogP contribution < -0.4 is 10.6 Å². The maximum Gasteiger partial charge on any atom is 0.286 e. The first-order chi connectivity index (χ1) is 15.0. The molecule has 0 bridgehead atoms. The Bertz CT molecular complexity index is 1300. The fourth-order valence-corrected chi connectivity index (χ4v) is 3.76. The molecule has 1 aliphatic rings. The molecule has 3 aromatic heterocycles. The van der Waals surface area contributed by atoms with Crippen LogP contribution in [-0.2, 0) is 18.4 Å². The monoisotopic (exact) mass is 418 g/mol. The van der Waals surface area contributed by atoms with Gasteiger partial charge in [0.2, 0.25) is 0 Å². The van der Waals surface area contributed by atoms with Gasteiger partial charge in [0.05, 0.1) is 18.3 Å². The molecule has 3 N–H and O–H groups in total. The number of aliphatic imine (C=N–C) groups is 1. The molecule has 5 rings (SSSR count). The normalized spacial score (nSPS) is 18.2. The van der Waals surface area contributed by atoms with Crippen LogP contribution in [0, 0.1) is 6.92 Å². The van der Waals surface area contributed by atoms with E-state index in [1.54, 1.807) is 17.8 Å². The number of hydrogen-bond acceptors (Lipinski definition) is 7. The van der Waals surface area contributed by atoms with Crippen molar-refractivity contribution >= 4 is 22.6 Å². The number of rotatable bonds is 5. The van der Waals surface area contributed by atoms with Crippen LogP contribution >= 0.6 is 0 Å². The molecular weight excluding hydrogens is 396 g/mol. The van der Waals surface area contributed by atoms with Gasteiger partial charge < -0.3 is 20.1 Å². The summed E-state index contributed by atoms with van der Waals surface area (Å²) in [6.07, 6.45) is 3.59. The molecule has 4 heterocycles. The van der Waals surface area contributed by atoms with Gasteiger partial charge in [0.1, 0.15) is 5.69 Å². The van der Waals surface area contributed by atoms with Gasteiger partial charge in [-0.1, -0.05) is 11.2 Å². The minimum atomic E-state index is -0.227. The van der Waals surface area contributed by atoms with Crippen LogP contribution in [0.4, 0.5) is 0 Å². The molecule has 4 aromatic rings. The number of fused-ring (bicyclic) bond motifs is 1. The highest BCUT2D eigenvalue weighted by Gasteiger charge is 2.30. The number of hydrogen-bond donors (Lipinski definition) is 3. The van der Waals surface area contributed by atoms with Crippen LogP contribution in [-0.4, -0.2) is 42.7 Å². The maximum atomic E-state index is 12.6. The van der Waals surface area contributed by atoms with E-state index in [2.05, 4.69) is 41.9 Å². The van der Waals surface area contributed by atoms with E-state index in [0.29, 0.717) is 24.1 Å². The molecule has 1 amide bonds. The Labute approximate surface area is 177 Å². The Hall–Kier alpha value is -3.95. The van der Waals surface area contributed by atoms with Crippen molar-refractivity contribution in [3.63, 3.8) is 0 Å². The summed E-state index contributed by atoms with van der Waals surface area (Å²) in [5, 5.41) is 15.0. The van der Waals surface area contributed by atoms with Crippen molar-refractivity contribution in [1.82, 2.24) is 35.5 Å². The van der Waals surface area contributed by atoms with E-state index in [1.807, 2.05) is 38.4 Å². The van der Waals surface area contributed by atoms with Crippen LogP contribution in [0.25, 0.3) is 22.5 Å². The Morgan fingerprint density at radius 1 is 1.32 bits per heavy atom. The summed E-state index contributed by atoms with van der Waals surface area (Å²) in [4.78, 5) is 24.8. The summed E-state index contributed by atoms with van der Waals surface area (Å²) >= 11 is 0. The number of nitrogens with zero attached hydrogens (tertiary/aromatic N) is 5. The van der Waals surface area contributed by atoms with Gasteiger partial charge >= 0.3 is 0 Å². The number of aryl methyl sites for hydroxylation is 2. The van der Waals surface area contributed by atoms with Crippen LogP contribution in [0.15, 0.2) is 46.2 Å². The van der Waals surface area contributed by atoms with Gasteiger partial charge in [-0.15, -0.1) is 0 Å². The van der Waals surface area contributed by atoms with E-state index in [-0.39, 0.29) is 18.0 Å². The Kier molecular flexibility index (Phi) is 4.54. The zero-order valence-corrected chi connectivity index (χ0v) is 17.4. The van der Waals surface area contributed by atoms with Crippen molar-refractivity contribution < 1.29 is 9.32 Å². The quantitative estimate of drug-likeness (QED) is 0.455. The number of carbonyl (C=O) groups excluding carboxylic acids is 1. The topological polar surface area (TPSA) is 126 Å². The lowest BCUT2D eigenvalue weighted by Gasteiger charge is -2.14. The number of amides is 1. The molecule has 2 atom stereocenters. The second-order valence-electron chi connectivity index (χ2n) is 7.74. The molecule has 2 unspecified atom stereocenters. The number of aromatic nitrogens is 5. The largest absolute Gasteiger partial charge is 0.361 e. The minimum absolute atomic E-state index is 0.00593. The van der Waals surface area contributed by atoms with Gasteiger partial charge in [-0.05, 0) is 37.6 Å². The number of carbonyl (C=O) groups is 1. The predicted octanol–water partition coefficient (Wildman–Crippen LogP) is 2.01. The van der Waals surface area contributed by atoms with E-state index < -0.39 is 0 Å². The third-order valence-corrected chi connectivity index (χ3v) is 5.28. The summed E-state index contributed by atoms with van der Waals surface area (Å²) in [5.74, 6) is 1.16. The molecule has 0 saturated carbocycles. The van der Waals surface area contributed by atoms with E-state index in [1.165, 1.54) is 0 Å². The van der Waals surface area contributed by atoms with E-state index in [4.69, 9.17) is 4.52 Å². The lowest BCUT2D eigenvalue weighted by Crippen LogP contribution is -2.40. The first kappa shape index (κ1) is 19.0. The number of H-pyrrole nitrogens is 1. The molecule has 10 nitrogen and oxygen atoms in total. The van der Waals surface area contributed by atoms with E-state index >= 15 is 0 Å². The third kappa shape index (κ3) is 3.67. The van der Waals surface area contributed by atoms with Gasteiger partial charge in [0.25, 0.3) is 11.8 Å². The first-order valence-corrected chi connectivity index (χ1v) is 9.99. The molecule has 1 aromatic carbocycles. The molecule has 31 heavy (non-hydrogen) atoms. The maximum absolute atomic E-state index is 12.6. The SMILES string of the molecule is Cc1noc(-c2cc3cc(C4N=C(C(=O)NCc5cnn(C)c5)NC4C)ccc3[nH]2)n1. The first-order valence-electron chi connectivity index (χ1n) is 9.99. The van der Waals surface area contributed by atoms with E-state index in [0.717, 1.165) is 27.7 Å². The molecular formula is C21H22N8O2. The average Bonchev–Trinajstić information content (AvgIpc) is 3.52. The van der Waals surface area contributed by atoms with Crippen molar-refractivity contribution in [2.75, 3.05) is 0 Å².